The molecule has 1 saturated heterocycles. The Morgan fingerprint density at radius 2 is 2.15 bits per heavy atom. The topological polar surface area (TPSA) is 47.3 Å². The molecule has 148 valence electrons. The van der Waals surface area contributed by atoms with Crippen molar-refractivity contribution in [2.45, 2.75) is 70.8 Å². The van der Waals surface area contributed by atoms with E-state index in [9.17, 15) is 5.11 Å². The van der Waals surface area contributed by atoms with Gasteiger partial charge in [-0.1, -0.05) is 51.2 Å². The number of likely N-dealkylation sites (tertiary alicyclic amines) is 1. The van der Waals surface area contributed by atoms with Crippen LogP contribution in [0.1, 0.15) is 69.4 Å². The summed E-state index contributed by atoms with van der Waals surface area (Å²) in [6.07, 6.45) is 11.4. The van der Waals surface area contributed by atoms with Crippen LogP contribution in [0.3, 0.4) is 0 Å². The van der Waals surface area contributed by atoms with Crippen molar-refractivity contribution in [2.75, 3.05) is 19.6 Å². The molecule has 1 aromatic rings. The van der Waals surface area contributed by atoms with E-state index < -0.39 is 0 Å². The summed E-state index contributed by atoms with van der Waals surface area (Å²) >= 11 is 0. The van der Waals surface area contributed by atoms with Crippen LogP contribution in [0.5, 0.6) is 0 Å². The normalized spacial score (nSPS) is 27.4. The SMILES string of the molecule is C[C@@H](CCCCN1CCC(O)C1)C1CCCC(Cc2cccc(C#N)c2)C1. The minimum atomic E-state index is -0.0862. The van der Waals surface area contributed by atoms with E-state index in [1.165, 1.54) is 50.5 Å². The molecule has 1 saturated carbocycles. The van der Waals surface area contributed by atoms with E-state index in [1.54, 1.807) is 0 Å². The van der Waals surface area contributed by atoms with E-state index in [0.717, 1.165) is 55.8 Å². The van der Waals surface area contributed by atoms with E-state index in [0.29, 0.717) is 0 Å². The molecule has 1 aliphatic heterocycles. The summed E-state index contributed by atoms with van der Waals surface area (Å²) in [7, 11) is 0. The maximum atomic E-state index is 9.62. The number of unbranched alkanes of at least 4 members (excludes halogenated alkanes) is 1. The summed E-state index contributed by atoms with van der Waals surface area (Å²) in [6.45, 7) is 5.58. The van der Waals surface area contributed by atoms with Gasteiger partial charge < -0.3 is 10.0 Å². The lowest BCUT2D eigenvalue weighted by atomic mass is 9.72. The average molecular weight is 369 g/mol. The van der Waals surface area contributed by atoms with E-state index in [2.05, 4.69) is 30.0 Å². The Hall–Kier alpha value is -1.37. The fraction of sp³-hybridized carbons (Fsp3) is 0.708. The van der Waals surface area contributed by atoms with Crippen molar-refractivity contribution < 1.29 is 5.11 Å². The molecule has 1 aliphatic carbocycles. The van der Waals surface area contributed by atoms with E-state index in [4.69, 9.17) is 5.26 Å². The van der Waals surface area contributed by atoms with Crippen LogP contribution in [0.25, 0.3) is 0 Å². The van der Waals surface area contributed by atoms with Gasteiger partial charge in [0, 0.05) is 13.1 Å². The van der Waals surface area contributed by atoms with Crippen molar-refractivity contribution in [1.82, 2.24) is 4.90 Å². The number of β-amino-alcohol motifs (C(OH)–C–C–N with tert-alkyl or cyclic N) is 1. The van der Waals surface area contributed by atoms with E-state index in [-0.39, 0.29) is 6.10 Å². The molecule has 4 atom stereocenters. The van der Waals surface area contributed by atoms with Crippen molar-refractivity contribution >= 4 is 0 Å². The van der Waals surface area contributed by atoms with Crippen LogP contribution in [0, 0.1) is 29.1 Å². The van der Waals surface area contributed by atoms with Crippen molar-refractivity contribution in [3.05, 3.63) is 35.4 Å². The Balaban J connectivity index is 1.38. The first kappa shape index (κ1) is 20.4. The van der Waals surface area contributed by atoms with Crippen molar-refractivity contribution in [2.24, 2.45) is 17.8 Å². The Morgan fingerprint density at radius 3 is 2.93 bits per heavy atom. The number of benzene rings is 1. The van der Waals surface area contributed by atoms with Gasteiger partial charge in [0.15, 0.2) is 0 Å². The molecule has 0 radical (unpaired) electrons. The second-order valence-electron chi connectivity index (χ2n) is 9.03. The molecule has 0 aromatic heterocycles. The van der Waals surface area contributed by atoms with Crippen molar-refractivity contribution in [3.8, 4) is 6.07 Å². The largest absolute Gasteiger partial charge is 0.392 e. The summed E-state index contributed by atoms with van der Waals surface area (Å²) in [5, 5.41) is 18.7. The molecule has 2 fully saturated rings. The molecule has 3 nitrogen and oxygen atoms in total. The summed E-state index contributed by atoms with van der Waals surface area (Å²) in [4.78, 5) is 2.42. The van der Waals surface area contributed by atoms with Crippen LogP contribution in [-0.4, -0.2) is 35.7 Å². The molecule has 1 N–H and O–H groups in total. The lowest BCUT2D eigenvalue weighted by Gasteiger charge is -2.33. The van der Waals surface area contributed by atoms with Gasteiger partial charge in [0.1, 0.15) is 0 Å². The third-order valence-electron chi connectivity index (χ3n) is 6.84. The molecule has 1 heterocycles. The van der Waals surface area contributed by atoms with Gasteiger partial charge in [0.25, 0.3) is 0 Å². The molecule has 0 spiro atoms. The van der Waals surface area contributed by atoms with Crippen molar-refractivity contribution in [1.29, 1.82) is 5.26 Å². The van der Waals surface area contributed by atoms with Gasteiger partial charge in [0.05, 0.1) is 17.7 Å². The molecule has 0 amide bonds. The number of nitrogens with zero attached hydrogens (tertiary/aromatic N) is 2. The molecule has 2 aliphatic rings. The third kappa shape index (κ3) is 6.33. The summed E-state index contributed by atoms with van der Waals surface area (Å²) < 4.78 is 0. The molecule has 3 heteroatoms. The van der Waals surface area contributed by atoms with Gasteiger partial charge in [-0.15, -0.1) is 0 Å². The lowest BCUT2D eigenvalue weighted by Crippen LogP contribution is -2.24. The van der Waals surface area contributed by atoms with Gasteiger partial charge in [-0.25, -0.2) is 0 Å². The first-order valence-corrected chi connectivity index (χ1v) is 11.0. The second kappa shape index (κ2) is 10.2. The molecule has 0 bridgehead atoms. The van der Waals surface area contributed by atoms with Gasteiger partial charge in [-0.05, 0) is 67.7 Å². The number of hydrogen-bond acceptors (Lipinski definition) is 3. The van der Waals surface area contributed by atoms with Gasteiger partial charge in [0.2, 0.25) is 0 Å². The summed E-state index contributed by atoms with van der Waals surface area (Å²) in [5.74, 6) is 2.48. The molecule has 3 rings (SSSR count). The Morgan fingerprint density at radius 1 is 1.26 bits per heavy atom. The van der Waals surface area contributed by atoms with Crippen LogP contribution in [0.4, 0.5) is 0 Å². The standard InChI is InChI=1S/C24H36N2O/c1-19(6-2-3-12-26-13-11-24(27)18-26)23-10-5-8-21(16-23)14-20-7-4-9-22(15-20)17-25/h4,7,9,15,19,21,23-24,27H,2-3,5-6,8,10-14,16,18H2,1H3/t19-,21?,23?,24?/m0/s1. The third-order valence-corrected chi connectivity index (χ3v) is 6.84. The highest BCUT2D eigenvalue weighted by Crippen LogP contribution is 2.37. The van der Waals surface area contributed by atoms with E-state index >= 15 is 0 Å². The highest BCUT2D eigenvalue weighted by Gasteiger charge is 2.26. The van der Waals surface area contributed by atoms with Crippen LogP contribution >= 0.6 is 0 Å². The average Bonchev–Trinajstić information content (AvgIpc) is 3.10. The fourth-order valence-corrected chi connectivity index (χ4v) is 5.19. The maximum absolute atomic E-state index is 9.62. The van der Waals surface area contributed by atoms with Crippen LogP contribution in [0.2, 0.25) is 0 Å². The highest BCUT2D eigenvalue weighted by atomic mass is 16.3. The number of nitriles is 1. The summed E-state index contributed by atoms with van der Waals surface area (Å²) in [6, 6.07) is 10.4. The first-order chi connectivity index (χ1) is 13.1. The second-order valence-corrected chi connectivity index (χ2v) is 9.03. The van der Waals surface area contributed by atoms with E-state index in [1.807, 2.05) is 12.1 Å². The molecule has 3 unspecified atom stereocenters. The predicted molar refractivity (Wildman–Crippen MR) is 110 cm³/mol. The number of aliphatic hydroxyl groups is 1. The van der Waals surface area contributed by atoms with Crippen LogP contribution < -0.4 is 0 Å². The maximum Gasteiger partial charge on any atom is 0.0991 e. The zero-order valence-corrected chi connectivity index (χ0v) is 16.9. The zero-order chi connectivity index (χ0) is 19.1. The van der Waals surface area contributed by atoms with Crippen LogP contribution in [0.15, 0.2) is 24.3 Å². The minimum Gasteiger partial charge on any atom is -0.392 e. The number of hydrogen-bond donors (Lipinski definition) is 1. The molecule has 27 heavy (non-hydrogen) atoms. The lowest BCUT2D eigenvalue weighted by molar-refractivity contribution is 0.173. The highest BCUT2D eigenvalue weighted by molar-refractivity contribution is 5.32. The van der Waals surface area contributed by atoms with Crippen LogP contribution in [-0.2, 0) is 6.42 Å². The van der Waals surface area contributed by atoms with Gasteiger partial charge >= 0.3 is 0 Å². The molecule has 1 aromatic carbocycles. The monoisotopic (exact) mass is 368 g/mol. The summed E-state index contributed by atoms with van der Waals surface area (Å²) in [5.41, 5.74) is 2.12. The zero-order valence-electron chi connectivity index (χ0n) is 16.9. The smallest absolute Gasteiger partial charge is 0.0991 e. The Labute approximate surface area is 165 Å². The fourth-order valence-electron chi connectivity index (χ4n) is 5.19. The Bertz CT molecular complexity index is 623. The first-order valence-electron chi connectivity index (χ1n) is 11.0. The minimum absolute atomic E-state index is 0.0862. The van der Waals surface area contributed by atoms with Gasteiger partial charge in [-0.3, -0.25) is 0 Å². The Kier molecular flexibility index (Phi) is 7.73. The van der Waals surface area contributed by atoms with Crippen molar-refractivity contribution in [3.63, 3.8) is 0 Å². The predicted octanol–water partition coefficient (Wildman–Crippen LogP) is 4.78. The quantitative estimate of drug-likeness (QED) is 0.672. The number of aliphatic hydroxyl groups excluding tert-OH is 1. The molecular formula is C24H36N2O. The van der Waals surface area contributed by atoms with Gasteiger partial charge in [-0.2, -0.15) is 5.26 Å². The number of rotatable bonds is 8. The molecular weight excluding hydrogens is 332 g/mol.